The Labute approximate surface area is 156 Å². The van der Waals surface area contributed by atoms with Crippen molar-refractivity contribution in [3.8, 4) is 5.75 Å². The number of rotatable bonds is 5. The summed E-state index contributed by atoms with van der Waals surface area (Å²) in [7, 11) is 3.90. The lowest BCUT2D eigenvalue weighted by atomic mass is 9.92. The average molecular weight is 369 g/mol. The normalized spacial score (nSPS) is 17.7. The Kier molecular flexibility index (Phi) is 5.23. The van der Waals surface area contributed by atoms with Gasteiger partial charge in [0.05, 0.1) is 21.3 Å². The van der Waals surface area contributed by atoms with E-state index in [9.17, 15) is 9.59 Å². The van der Waals surface area contributed by atoms with Crippen LogP contribution in [0.1, 0.15) is 17.4 Å². The molecule has 7 heteroatoms. The minimum atomic E-state index is -2.11. The summed E-state index contributed by atoms with van der Waals surface area (Å²) in [6, 6.07) is 15.9. The fourth-order valence-electron chi connectivity index (χ4n) is 2.91. The molecule has 1 aliphatic heterocycles. The zero-order valence-corrected chi connectivity index (χ0v) is 15.2. The summed E-state index contributed by atoms with van der Waals surface area (Å²) in [5.41, 5.74) is -0.778. The van der Waals surface area contributed by atoms with Crippen molar-refractivity contribution in [2.24, 2.45) is 4.99 Å². The maximum absolute atomic E-state index is 12.7. The summed E-state index contributed by atoms with van der Waals surface area (Å²) >= 11 is 0. The molecule has 1 aliphatic rings. The Balaban J connectivity index is 2.16. The van der Waals surface area contributed by atoms with E-state index in [2.05, 4.69) is 4.99 Å². The molecule has 0 aliphatic carbocycles. The van der Waals surface area contributed by atoms with Crippen LogP contribution in [0.25, 0.3) is 0 Å². The second-order valence-electron chi connectivity index (χ2n) is 5.75. The van der Waals surface area contributed by atoms with Crippen LogP contribution in [0.3, 0.4) is 0 Å². The number of benzene rings is 2. The van der Waals surface area contributed by atoms with Gasteiger partial charge in [-0.1, -0.05) is 30.3 Å². The van der Waals surface area contributed by atoms with Crippen LogP contribution in [0.15, 0.2) is 59.6 Å². The van der Waals surface area contributed by atoms with Gasteiger partial charge < -0.3 is 18.9 Å². The highest BCUT2D eigenvalue weighted by Crippen LogP contribution is 2.38. The monoisotopic (exact) mass is 369 g/mol. The molecule has 0 saturated carbocycles. The van der Waals surface area contributed by atoms with E-state index in [4.69, 9.17) is 18.9 Å². The van der Waals surface area contributed by atoms with Crippen LogP contribution in [0.2, 0.25) is 0 Å². The van der Waals surface area contributed by atoms with Crippen molar-refractivity contribution >= 4 is 17.7 Å². The Morgan fingerprint density at radius 3 is 2.04 bits per heavy atom. The van der Waals surface area contributed by atoms with E-state index >= 15 is 0 Å². The molecule has 7 nitrogen and oxygen atoms in total. The number of nitrogens with zero attached hydrogens (tertiary/aromatic N) is 1. The SMILES string of the molecule is COC(=O)C1(C(=O)OC)OC(c2ccccc2)N=C1c1ccc(OC)cc1. The van der Waals surface area contributed by atoms with Crippen molar-refractivity contribution in [2.45, 2.75) is 11.8 Å². The zero-order chi connectivity index (χ0) is 19.4. The van der Waals surface area contributed by atoms with Gasteiger partial charge in [0.1, 0.15) is 11.5 Å². The molecular weight excluding hydrogens is 350 g/mol. The number of carbonyl (C=O) groups is 2. The van der Waals surface area contributed by atoms with Crippen molar-refractivity contribution < 1.29 is 28.5 Å². The molecule has 1 atom stereocenters. The molecule has 27 heavy (non-hydrogen) atoms. The lowest BCUT2D eigenvalue weighted by Crippen LogP contribution is -2.54. The van der Waals surface area contributed by atoms with Crippen LogP contribution in [-0.2, 0) is 23.8 Å². The molecular formula is C20H19NO6. The molecule has 140 valence electrons. The largest absolute Gasteiger partial charge is 0.497 e. The van der Waals surface area contributed by atoms with Gasteiger partial charge in [-0.15, -0.1) is 0 Å². The molecule has 1 heterocycles. The number of carbonyl (C=O) groups excluding carboxylic acids is 2. The van der Waals surface area contributed by atoms with Crippen LogP contribution in [0.5, 0.6) is 5.75 Å². The molecule has 2 aromatic rings. The first kappa shape index (κ1) is 18.6. The molecule has 0 saturated heterocycles. The molecule has 2 aromatic carbocycles. The minimum absolute atomic E-state index is 0.123. The first-order valence-corrected chi connectivity index (χ1v) is 8.19. The van der Waals surface area contributed by atoms with Gasteiger partial charge >= 0.3 is 17.5 Å². The van der Waals surface area contributed by atoms with Gasteiger partial charge in [-0.05, 0) is 24.3 Å². The van der Waals surface area contributed by atoms with Crippen LogP contribution in [0.4, 0.5) is 0 Å². The van der Waals surface area contributed by atoms with Gasteiger partial charge in [0, 0.05) is 11.1 Å². The third-order valence-corrected chi connectivity index (χ3v) is 4.26. The molecule has 3 rings (SSSR count). The Morgan fingerprint density at radius 2 is 1.52 bits per heavy atom. The highest BCUT2D eigenvalue weighted by Gasteiger charge is 2.60. The number of ether oxygens (including phenoxy) is 4. The van der Waals surface area contributed by atoms with E-state index in [-0.39, 0.29) is 5.71 Å². The fraction of sp³-hybridized carbons (Fsp3) is 0.250. The van der Waals surface area contributed by atoms with E-state index in [0.29, 0.717) is 16.9 Å². The fourth-order valence-corrected chi connectivity index (χ4v) is 2.91. The van der Waals surface area contributed by atoms with Crippen molar-refractivity contribution in [3.05, 3.63) is 65.7 Å². The number of methoxy groups -OCH3 is 3. The van der Waals surface area contributed by atoms with E-state index in [1.165, 1.54) is 14.2 Å². The van der Waals surface area contributed by atoms with Crippen LogP contribution in [0, 0.1) is 0 Å². The average Bonchev–Trinajstić information content (AvgIpc) is 3.15. The number of esters is 2. The maximum atomic E-state index is 12.7. The highest BCUT2D eigenvalue weighted by atomic mass is 16.6. The predicted molar refractivity (Wildman–Crippen MR) is 96.6 cm³/mol. The van der Waals surface area contributed by atoms with E-state index in [0.717, 1.165) is 0 Å². The summed E-state index contributed by atoms with van der Waals surface area (Å²) in [6.45, 7) is 0. The first-order valence-electron chi connectivity index (χ1n) is 8.19. The lowest BCUT2D eigenvalue weighted by molar-refractivity contribution is -0.180. The Hall–Kier alpha value is -3.19. The van der Waals surface area contributed by atoms with Crippen LogP contribution < -0.4 is 4.74 Å². The molecule has 0 bridgehead atoms. The van der Waals surface area contributed by atoms with E-state index in [1.54, 1.807) is 43.5 Å². The lowest BCUT2D eigenvalue weighted by Gasteiger charge is -2.25. The van der Waals surface area contributed by atoms with E-state index < -0.39 is 23.8 Å². The number of hydrogen-bond acceptors (Lipinski definition) is 7. The van der Waals surface area contributed by atoms with Gasteiger partial charge in [-0.2, -0.15) is 0 Å². The first-order chi connectivity index (χ1) is 13.1. The second kappa shape index (κ2) is 7.59. The molecule has 1 unspecified atom stereocenters. The summed E-state index contributed by atoms with van der Waals surface area (Å²) in [5, 5.41) is 0. The molecule has 0 amide bonds. The topological polar surface area (TPSA) is 83.4 Å². The number of aliphatic imine (C=N–C) groups is 1. The van der Waals surface area contributed by atoms with Crippen LogP contribution >= 0.6 is 0 Å². The van der Waals surface area contributed by atoms with Gasteiger partial charge in [0.2, 0.25) is 0 Å². The molecule has 0 N–H and O–H groups in total. The summed E-state index contributed by atoms with van der Waals surface area (Å²) < 4.78 is 20.8. The minimum Gasteiger partial charge on any atom is -0.497 e. The van der Waals surface area contributed by atoms with Gasteiger partial charge in [0.25, 0.3) is 0 Å². The quantitative estimate of drug-likeness (QED) is 0.594. The summed E-state index contributed by atoms with van der Waals surface area (Å²) in [5.74, 6) is -1.18. The summed E-state index contributed by atoms with van der Waals surface area (Å²) in [6.07, 6.45) is -0.860. The van der Waals surface area contributed by atoms with Gasteiger partial charge in [-0.25, -0.2) is 14.6 Å². The third-order valence-electron chi connectivity index (χ3n) is 4.26. The van der Waals surface area contributed by atoms with Gasteiger partial charge in [0.15, 0.2) is 6.23 Å². The van der Waals surface area contributed by atoms with E-state index in [1.807, 2.05) is 18.2 Å². The van der Waals surface area contributed by atoms with Gasteiger partial charge in [-0.3, -0.25) is 0 Å². The Bertz CT molecular complexity index is 844. The third kappa shape index (κ3) is 3.17. The predicted octanol–water partition coefficient (Wildman–Crippen LogP) is 2.30. The standard InChI is InChI=1S/C20H19NO6/c1-24-15-11-9-13(10-12-15)16-20(18(22)25-2,19(23)26-3)27-17(21-16)14-7-5-4-6-8-14/h4-12,17H,1-3H3. The Morgan fingerprint density at radius 1 is 0.926 bits per heavy atom. The smallest absolute Gasteiger partial charge is 0.356 e. The molecule has 0 fully saturated rings. The number of hydrogen-bond donors (Lipinski definition) is 0. The van der Waals surface area contributed by atoms with Crippen molar-refractivity contribution in [1.82, 2.24) is 0 Å². The highest BCUT2D eigenvalue weighted by molar-refractivity contribution is 6.31. The molecule has 0 aromatic heterocycles. The van der Waals surface area contributed by atoms with Crippen molar-refractivity contribution in [1.29, 1.82) is 0 Å². The van der Waals surface area contributed by atoms with Crippen molar-refractivity contribution in [2.75, 3.05) is 21.3 Å². The van der Waals surface area contributed by atoms with Crippen molar-refractivity contribution in [3.63, 3.8) is 0 Å². The maximum Gasteiger partial charge on any atom is 0.356 e. The molecule has 0 spiro atoms. The second-order valence-corrected chi connectivity index (χ2v) is 5.75. The zero-order valence-electron chi connectivity index (χ0n) is 15.2. The van der Waals surface area contributed by atoms with Crippen LogP contribution in [-0.4, -0.2) is 44.6 Å². The molecule has 0 radical (unpaired) electrons. The summed E-state index contributed by atoms with van der Waals surface area (Å²) in [4.78, 5) is 29.9.